The Morgan fingerprint density at radius 1 is 0.902 bits per heavy atom. The fourth-order valence-electron chi connectivity index (χ4n) is 8.77. The first-order chi connectivity index (χ1) is 29.5. The molecule has 1 aliphatic carbocycles. The number of amides is 4. The lowest BCUT2D eigenvalue weighted by atomic mass is 9.90. The van der Waals surface area contributed by atoms with E-state index in [0.29, 0.717) is 25.2 Å². The Hall–Kier alpha value is -6.69. The zero-order chi connectivity index (χ0) is 42.7. The van der Waals surface area contributed by atoms with Crippen LogP contribution in [-0.4, -0.2) is 80.3 Å². The average Bonchev–Trinajstić information content (AvgIpc) is 3.61. The number of aromatic nitrogens is 3. The molecule has 2 aliphatic rings. The van der Waals surface area contributed by atoms with E-state index in [-0.39, 0.29) is 42.8 Å². The molecule has 2 fully saturated rings. The molecule has 314 valence electrons. The quantitative estimate of drug-likeness (QED) is 0.0868. The Balaban J connectivity index is 0.944. The molecule has 4 aromatic carbocycles. The molecule has 6 aromatic rings. The molecule has 1 aliphatic heterocycles. The summed E-state index contributed by atoms with van der Waals surface area (Å²) in [5.74, 6) is 0.388. The minimum atomic E-state index is -0.885. The summed E-state index contributed by atoms with van der Waals surface area (Å²) in [6.07, 6.45) is 4.14. The highest BCUT2D eigenvalue weighted by Crippen LogP contribution is 2.53. The van der Waals surface area contributed by atoms with Gasteiger partial charge in [0.05, 0.1) is 48.0 Å². The molecule has 1 saturated heterocycles. The molecule has 0 radical (unpaired) electrons. The number of nitrogens with one attached hydrogen (secondary N) is 4. The third-order valence-corrected chi connectivity index (χ3v) is 12.0. The number of likely N-dealkylation sites (tertiary alicyclic amines) is 1. The molecule has 4 N–H and O–H groups in total. The van der Waals surface area contributed by atoms with Crippen molar-refractivity contribution in [3.05, 3.63) is 132 Å². The van der Waals surface area contributed by atoms with Crippen molar-refractivity contribution in [1.82, 2.24) is 30.1 Å². The van der Waals surface area contributed by atoms with Crippen LogP contribution in [0, 0.1) is 0 Å². The summed E-state index contributed by atoms with van der Waals surface area (Å²) >= 11 is 0. The summed E-state index contributed by atoms with van der Waals surface area (Å²) in [6.45, 7) is 8.76. The monoisotopic (exact) mass is 819 g/mol. The summed E-state index contributed by atoms with van der Waals surface area (Å²) in [7, 11) is 0. The van der Waals surface area contributed by atoms with Crippen LogP contribution in [0.25, 0.3) is 33.4 Å². The van der Waals surface area contributed by atoms with Crippen molar-refractivity contribution in [3.8, 4) is 22.5 Å². The molecule has 0 spiro atoms. The third-order valence-electron chi connectivity index (χ3n) is 12.0. The Kier molecular flexibility index (Phi) is 11.5. The van der Waals surface area contributed by atoms with Crippen LogP contribution in [-0.2, 0) is 36.5 Å². The van der Waals surface area contributed by atoms with Crippen molar-refractivity contribution >= 4 is 40.4 Å². The van der Waals surface area contributed by atoms with E-state index in [0.717, 1.165) is 69.6 Å². The number of H-pyrrole nitrogens is 2. The number of fused-ring (bicyclic) bond motifs is 1. The predicted molar refractivity (Wildman–Crippen MR) is 237 cm³/mol. The fourth-order valence-corrected chi connectivity index (χ4v) is 8.77. The summed E-state index contributed by atoms with van der Waals surface area (Å²) in [5.41, 5.74) is 5.57. The maximum atomic E-state index is 14.7. The minimum Gasteiger partial charge on any atom is -0.447 e. The maximum Gasteiger partial charge on any atom is 0.407 e. The van der Waals surface area contributed by atoms with Gasteiger partial charge in [0.2, 0.25) is 17.7 Å². The highest BCUT2D eigenvalue weighted by Gasteiger charge is 2.65. The molecule has 1 saturated carbocycles. The van der Waals surface area contributed by atoms with Gasteiger partial charge in [-0.1, -0.05) is 85.8 Å². The molecule has 8 rings (SSSR count). The number of hydrogen-bond acceptors (Lipinski definition) is 6. The average molecular weight is 820 g/mol. The van der Waals surface area contributed by atoms with Gasteiger partial charge in [0, 0.05) is 40.9 Å². The van der Waals surface area contributed by atoms with Gasteiger partial charge in [0.25, 0.3) is 0 Å². The molecule has 3 atom stereocenters. The summed E-state index contributed by atoms with van der Waals surface area (Å²) in [6, 6.07) is 34.9. The number of ether oxygens (including phenoxy) is 1. The van der Waals surface area contributed by atoms with Crippen molar-refractivity contribution in [2.75, 3.05) is 25.0 Å². The number of anilines is 1. The van der Waals surface area contributed by atoms with Gasteiger partial charge >= 0.3 is 6.09 Å². The van der Waals surface area contributed by atoms with E-state index in [9.17, 15) is 19.2 Å². The normalized spacial score (nSPS) is 19.5. The lowest BCUT2D eigenvalue weighted by Gasteiger charge is -2.36. The predicted octanol–water partition coefficient (Wildman–Crippen LogP) is 8.33. The largest absolute Gasteiger partial charge is 0.447 e. The van der Waals surface area contributed by atoms with E-state index in [1.165, 1.54) is 0 Å². The zero-order valence-electron chi connectivity index (χ0n) is 35.2. The van der Waals surface area contributed by atoms with Gasteiger partial charge in [-0.3, -0.25) is 14.4 Å². The number of carbonyl (C=O) groups excluding carboxylic acids is 4. The number of nitrogens with zero attached hydrogens (tertiary/aromatic N) is 3. The maximum absolute atomic E-state index is 14.7. The summed E-state index contributed by atoms with van der Waals surface area (Å²) in [4.78, 5) is 69.0. The topological polar surface area (TPSA) is 153 Å². The molecule has 0 bridgehead atoms. The molecule has 4 amide bonds. The van der Waals surface area contributed by atoms with Crippen LogP contribution < -0.4 is 10.6 Å². The van der Waals surface area contributed by atoms with Crippen molar-refractivity contribution < 1.29 is 23.9 Å². The van der Waals surface area contributed by atoms with Gasteiger partial charge in [-0.25, -0.2) is 9.78 Å². The van der Waals surface area contributed by atoms with Crippen LogP contribution in [0.5, 0.6) is 0 Å². The molecule has 3 heterocycles. The SMILES string of the molecule is CCCN(CC(=O)Nc1ccc(-c2cc3cc(-c4cnc([C@]5(C)CCCN5C(=O)C5(c6ccccc6)CC5NC(=O)OC(C)C)[nH]4)ccc3[nH]2)cc1)C(=O)Cc1ccccc1. The first-order valence-electron chi connectivity index (χ1n) is 21.2. The molecular formula is C49H53N7O5. The molecule has 12 nitrogen and oxygen atoms in total. The lowest BCUT2D eigenvalue weighted by molar-refractivity contribution is -0.138. The Morgan fingerprint density at radius 2 is 1.62 bits per heavy atom. The second-order valence-electron chi connectivity index (χ2n) is 16.8. The van der Waals surface area contributed by atoms with Crippen LogP contribution in [0.1, 0.15) is 70.3 Å². The molecule has 2 unspecified atom stereocenters. The number of rotatable bonds is 14. The first kappa shape index (κ1) is 41.1. The summed E-state index contributed by atoms with van der Waals surface area (Å²) in [5, 5.41) is 6.94. The van der Waals surface area contributed by atoms with Gasteiger partial charge in [-0.15, -0.1) is 0 Å². The van der Waals surface area contributed by atoms with Gasteiger partial charge in [0.15, 0.2) is 0 Å². The van der Waals surface area contributed by atoms with Crippen molar-refractivity contribution in [2.24, 2.45) is 0 Å². The molecule has 2 aromatic heterocycles. The number of benzene rings is 4. The number of alkyl carbamates (subject to hydrolysis) is 1. The molecule has 12 heteroatoms. The van der Waals surface area contributed by atoms with Gasteiger partial charge < -0.3 is 35.1 Å². The third kappa shape index (κ3) is 8.52. The zero-order valence-corrected chi connectivity index (χ0v) is 35.2. The van der Waals surface area contributed by atoms with Crippen LogP contribution in [0.2, 0.25) is 0 Å². The van der Waals surface area contributed by atoms with Crippen LogP contribution in [0.15, 0.2) is 115 Å². The number of carbonyl (C=O) groups is 4. The van der Waals surface area contributed by atoms with E-state index >= 15 is 0 Å². The van der Waals surface area contributed by atoms with Crippen molar-refractivity contribution in [1.29, 1.82) is 0 Å². The van der Waals surface area contributed by atoms with Crippen LogP contribution in [0.3, 0.4) is 0 Å². The number of hydrogen-bond donors (Lipinski definition) is 4. The second kappa shape index (κ2) is 17.1. The van der Waals surface area contributed by atoms with E-state index in [1.54, 1.807) is 18.7 Å². The number of imidazole rings is 1. The first-order valence-corrected chi connectivity index (χ1v) is 21.2. The molecular weight excluding hydrogens is 767 g/mol. The molecule has 61 heavy (non-hydrogen) atoms. The van der Waals surface area contributed by atoms with Gasteiger partial charge in [-0.2, -0.15) is 0 Å². The standard InChI is InChI=1S/C49H53N7O5/c1-5-24-55(44(58)26-33-13-8-6-9-14-33)31-43(57)51-38-20-17-34(18-21-38)40-28-36-27-35(19-22-39(36)52-40)41-30-50-45(53-41)48(4)23-12-25-56(48)46(59)49(37-15-10-7-11-16-37)29-42(49)54-47(60)61-32(2)3/h6-11,13-22,27-28,30,32,42,52H,5,12,23-26,29,31H2,1-4H3,(H,50,53)(H,51,57)(H,54,60)/t42?,48-,49?/m0/s1. The highest BCUT2D eigenvalue weighted by atomic mass is 16.6. The Bertz CT molecular complexity index is 2530. The van der Waals surface area contributed by atoms with E-state index < -0.39 is 17.0 Å². The highest BCUT2D eigenvalue weighted by molar-refractivity contribution is 5.96. The van der Waals surface area contributed by atoms with Gasteiger partial charge in [0.1, 0.15) is 5.82 Å². The van der Waals surface area contributed by atoms with Crippen molar-refractivity contribution in [2.45, 2.75) is 82.9 Å². The lowest BCUT2D eigenvalue weighted by Crippen LogP contribution is -2.50. The van der Waals surface area contributed by atoms with Gasteiger partial charge in [-0.05, 0) is 93.5 Å². The number of aromatic amines is 2. The smallest absolute Gasteiger partial charge is 0.407 e. The minimum absolute atomic E-state index is 0.00974. The van der Waals surface area contributed by atoms with Crippen LogP contribution in [0.4, 0.5) is 10.5 Å². The Morgan fingerprint density at radius 3 is 2.34 bits per heavy atom. The van der Waals surface area contributed by atoms with E-state index in [4.69, 9.17) is 9.72 Å². The van der Waals surface area contributed by atoms with E-state index in [2.05, 4.69) is 39.7 Å². The Labute approximate surface area is 356 Å². The van der Waals surface area contributed by atoms with E-state index in [1.807, 2.05) is 115 Å². The van der Waals surface area contributed by atoms with Crippen molar-refractivity contribution in [3.63, 3.8) is 0 Å². The van der Waals surface area contributed by atoms with Crippen LogP contribution >= 0.6 is 0 Å². The second-order valence-corrected chi connectivity index (χ2v) is 16.8. The fraction of sp³-hybridized carbons (Fsp3) is 0.327. The summed E-state index contributed by atoms with van der Waals surface area (Å²) < 4.78 is 5.38.